The molecule has 0 amide bonds. The molecule has 1 heterocycles. The molecule has 0 unspecified atom stereocenters. The molecule has 0 saturated carbocycles. The number of nitrogens with one attached hydrogen (secondary N) is 1. The van der Waals surface area contributed by atoms with Crippen molar-refractivity contribution in [1.29, 1.82) is 0 Å². The number of ether oxygens (including phenoxy) is 1. The molecule has 0 atom stereocenters. The lowest BCUT2D eigenvalue weighted by molar-refractivity contribution is 0.471. The lowest BCUT2D eigenvalue weighted by Gasteiger charge is -2.08. The SMILES string of the molecule is Cc1[nH]c(=O)ncc1Oc1cccc(CCN)c1. The van der Waals surface area contributed by atoms with Gasteiger partial charge in [0.15, 0.2) is 5.75 Å². The van der Waals surface area contributed by atoms with Gasteiger partial charge in [0.2, 0.25) is 0 Å². The van der Waals surface area contributed by atoms with E-state index in [4.69, 9.17) is 10.5 Å². The summed E-state index contributed by atoms with van der Waals surface area (Å²) in [6.07, 6.45) is 2.23. The zero-order valence-corrected chi connectivity index (χ0v) is 10.1. The molecule has 0 aliphatic carbocycles. The Morgan fingerprint density at radius 2 is 2.28 bits per heavy atom. The zero-order chi connectivity index (χ0) is 13.0. The highest BCUT2D eigenvalue weighted by molar-refractivity contribution is 5.34. The van der Waals surface area contributed by atoms with Gasteiger partial charge in [0.1, 0.15) is 5.75 Å². The number of aromatic nitrogens is 2. The van der Waals surface area contributed by atoms with Crippen molar-refractivity contribution in [3.63, 3.8) is 0 Å². The summed E-state index contributed by atoms with van der Waals surface area (Å²) in [6.45, 7) is 2.37. The van der Waals surface area contributed by atoms with E-state index in [9.17, 15) is 4.79 Å². The second-order valence-electron chi connectivity index (χ2n) is 3.97. The van der Waals surface area contributed by atoms with E-state index in [-0.39, 0.29) is 5.69 Å². The number of aromatic amines is 1. The van der Waals surface area contributed by atoms with Crippen LogP contribution in [0.3, 0.4) is 0 Å². The standard InChI is InChI=1S/C13H15N3O2/c1-9-12(8-15-13(17)16-9)18-11-4-2-3-10(7-11)5-6-14/h2-4,7-8H,5-6,14H2,1H3,(H,15,16,17). The normalized spacial score (nSPS) is 10.3. The predicted octanol–water partition coefficient (Wildman–Crippen LogP) is 1.37. The van der Waals surface area contributed by atoms with Crippen molar-refractivity contribution in [3.05, 3.63) is 52.2 Å². The first kappa shape index (κ1) is 12.3. The molecule has 0 aliphatic heterocycles. The first-order chi connectivity index (χ1) is 8.69. The number of H-pyrrole nitrogens is 1. The van der Waals surface area contributed by atoms with Crippen LogP contribution in [0, 0.1) is 6.92 Å². The van der Waals surface area contributed by atoms with E-state index in [2.05, 4.69) is 9.97 Å². The van der Waals surface area contributed by atoms with Crippen LogP contribution in [0.5, 0.6) is 11.5 Å². The lowest BCUT2D eigenvalue weighted by Crippen LogP contribution is -2.11. The number of rotatable bonds is 4. The minimum absolute atomic E-state index is 0.378. The Morgan fingerprint density at radius 1 is 1.44 bits per heavy atom. The summed E-state index contributed by atoms with van der Waals surface area (Å²) in [6, 6.07) is 7.69. The van der Waals surface area contributed by atoms with E-state index in [0.717, 1.165) is 12.0 Å². The van der Waals surface area contributed by atoms with E-state index in [1.165, 1.54) is 6.20 Å². The summed E-state index contributed by atoms with van der Waals surface area (Å²) in [5.41, 5.74) is 6.90. The van der Waals surface area contributed by atoms with Crippen LogP contribution in [0.15, 0.2) is 35.3 Å². The fourth-order valence-corrected chi connectivity index (χ4v) is 1.63. The van der Waals surface area contributed by atoms with Crippen molar-refractivity contribution in [2.45, 2.75) is 13.3 Å². The minimum atomic E-state index is -0.378. The number of hydrogen-bond acceptors (Lipinski definition) is 4. The molecule has 18 heavy (non-hydrogen) atoms. The Hall–Kier alpha value is -2.14. The molecule has 1 aromatic heterocycles. The summed E-state index contributed by atoms with van der Waals surface area (Å²) in [4.78, 5) is 17.2. The minimum Gasteiger partial charge on any atom is -0.454 e. The van der Waals surface area contributed by atoms with Crippen molar-refractivity contribution in [1.82, 2.24) is 9.97 Å². The molecule has 1 aromatic carbocycles. The second-order valence-corrected chi connectivity index (χ2v) is 3.97. The monoisotopic (exact) mass is 245 g/mol. The smallest absolute Gasteiger partial charge is 0.345 e. The number of aryl methyl sites for hydroxylation is 1. The molecule has 2 rings (SSSR count). The Bertz CT molecular complexity index is 593. The molecule has 0 radical (unpaired) electrons. The van der Waals surface area contributed by atoms with Crippen molar-refractivity contribution < 1.29 is 4.74 Å². The molecule has 94 valence electrons. The molecule has 0 aliphatic rings. The van der Waals surface area contributed by atoms with Crippen LogP contribution >= 0.6 is 0 Å². The molecule has 3 N–H and O–H groups in total. The third-order valence-electron chi connectivity index (χ3n) is 2.52. The fourth-order valence-electron chi connectivity index (χ4n) is 1.63. The summed E-state index contributed by atoms with van der Waals surface area (Å²) in [7, 11) is 0. The molecule has 0 fully saturated rings. The van der Waals surface area contributed by atoms with Gasteiger partial charge in [-0.15, -0.1) is 0 Å². The van der Waals surface area contributed by atoms with Crippen molar-refractivity contribution in [2.75, 3.05) is 6.54 Å². The van der Waals surface area contributed by atoms with Gasteiger partial charge in [-0.1, -0.05) is 12.1 Å². The van der Waals surface area contributed by atoms with Gasteiger partial charge in [0, 0.05) is 0 Å². The van der Waals surface area contributed by atoms with Gasteiger partial charge in [-0.3, -0.25) is 0 Å². The Kier molecular flexibility index (Phi) is 3.74. The highest BCUT2D eigenvalue weighted by Crippen LogP contribution is 2.22. The van der Waals surface area contributed by atoms with E-state index in [1.807, 2.05) is 24.3 Å². The highest BCUT2D eigenvalue weighted by Gasteiger charge is 2.03. The quantitative estimate of drug-likeness (QED) is 0.852. The second kappa shape index (κ2) is 5.46. The van der Waals surface area contributed by atoms with Crippen LogP contribution in [0.1, 0.15) is 11.3 Å². The number of benzene rings is 1. The van der Waals surface area contributed by atoms with Crippen LogP contribution in [-0.4, -0.2) is 16.5 Å². The molecule has 2 aromatic rings. The van der Waals surface area contributed by atoms with Gasteiger partial charge in [0.25, 0.3) is 0 Å². The van der Waals surface area contributed by atoms with Gasteiger partial charge >= 0.3 is 5.69 Å². The molecule has 0 spiro atoms. The van der Waals surface area contributed by atoms with Crippen LogP contribution in [0.4, 0.5) is 0 Å². The predicted molar refractivity (Wildman–Crippen MR) is 68.9 cm³/mol. The van der Waals surface area contributed by atoms with Crippen LogP contribution in [-0.2, 0) is 6.42 Å². The molecule has 5 nitrogen and oxygen atoms in total. The maximum Gasteiger partial charge on any atom is 0.345 e. The molecule has 0 bridgehead atoms. The first-order valence-electron chi connectivity index (χ1n) is 5.72. The first-order valence-corrected chi connectivity index (χ1v) is 5.72. The van der Waals surface area contributed by atoms with Crippen LogP contribution in [0.25, 0.3) is 0 Å². The largest absolute Gasteiger partial charge is 0.454 e. The van der Waals surface area contributed by atoms with Crippen molar-refractivity contribution in [2.24, 2.45) is 5.73 Å². The average molecular weight is 245 g/mol. The van der Waals surface area contributed by atoms with Gasteiger partial charge in [-0.05, 0) is 37.6 Å². The number of nitrogens with zero attached hydrogens (tertiary/aromatic N) is 1. The summed E-state index contributed by atoms with van der Waals surface area (Å²) < 4.78 is 5.68. The van der Waals surface area contributed by atoms with E-state index < -0.39 is 0 Å². The summed E-state index contributed by atoms with van der Waals surface area (Å²) in [5.74, 6) is 1.25. The van der Waals surface area contributed by atoms with E-state index in [0.29, 0.717) is 23.7 Å². The van der Waals surface area contributed by atoms with Crippen molar-refractivity contribution in [3.8, 4) is 11.5 Å². The van der Waals surface area contributed by atoms with Crippen molar-refractivity contribution >= 4 is 0 Å². The fraction of sp³-hybridized carbons (Fsp3) is 0.231. The zero-order valence-electron chi connectivity index (χ0n) is 10.1. The molecular formula is C13H15N3O2. The average Bonchev–Trinajstić information content (AvgIpc) is 2.34. The van der Waals surface area contributed by atoms with E-state index >= 15 is 0 Å². The lowest BCUT2D eigenvalue weighted by atomic mass is 10.1. The molecule has 0 saturated heterocycles. The Morgan fingerprint density at radius 3 is 3.00 bits per heavy atom. The number of hydrogen-bond donors (Lipinski definition) is 2. The maximum atomic E-state index is 11.0. The highest BCUT2D eigenvalue weighted by atomic mass is 16.5. The molecular weight excluding hydrogens is 230 g/mol. The Balaban J connectivity index is 2.22. The van der Waals surface area contributed by atoms with Gasteiger partial charge in [-0.25, -0.2) is 4.79 Å². The maximum absolute atomic E-state index is 11.0. The number of nitrogens with two attached hydrogens (primary N) is 1. The Labute approximate surface area is 105 Å². The summed E-state index contributed by atoms with van der Waals surface area (Å²) in [5, 5.41) is 0. The van der Waals surface area contributed by atoms with E-state index in [1.54, 1.807) is 6.92 Å². The van der Waals surface area contributed by atoms with Gasteiger partial charge in [0.05, 0.1) is 11.9 Å². The third kappa shape index (κ3) is 2.95. The molecule has 5 heteroatoms. The van der Waals surface area contributed by atoms with Gasteiger partial charge < -0.3 is 15.5 Å². The summed E-state index contributed by atoms with van der Waals surface area (Å²) >= 11 is 0. The van der Waals surface area contributed by atoms with Gasteiger partial charge in [-0.2, -0.15) is 4.98 Å². The third-order valence-corrected chi connectivity index (χ3v) is 2.52. The van der Waals surface area contributed by atoms with Crippen LogP contribution in [0.2, 0.25) is 0 Å². The topological polar surface area (TPSA) is 81.0 Å². The van der Waals surface area contributed by atoms with Crippen LogP contribution < -0.4 is 16.2 Å².